The van der Waals surface area contributed by atoms with Gasteiger partial charge in [-0.15, -0.1) is 0 Å². The van der Waals surface area contributed by atoms with E-state index >= 15 is 0 Å². The Labute approximate surface area is 222 Å². The molecule has 0 saturated carbocycles. The minimum Gasteiger partial charge on any atom is -0.494 e. The highest BCUT2D eigenvalue weighted by molar-refractivity contribution is 7.89. The van der Waals surface area contributed by atoms with Gasteiger partial charge in [-0.3, -0.25) is 9.59 Å². The molecule has 206 valence electrons. The lowest BCUT2D eigenvalue weighted by Gasteiger charge is -2.25. The van der Waals surface area contributed by atoms with Gasteiger partial charge in [0.15, 0.2) is 0 Å². The van der Waals surface area contributed by atoms with Crippen molar-refractivity contribution in [2.45, 2.75) is 69.0 Å². The zero-order valence-electron chi connectivity index (χ0n) is 21.5. The largest absolute Gasteiger partial charge is 0.494 e. The van der Waals surface area contributed by atoms with Crippen LogP contribution >= 0.6 is 0 Å². The average molecular weight is 548 g/mol. The number of amides is 2. The van der Waals surface area contributed by atoms with E-state index in [1.165, 1.54) is 0 Å². The molecule has 2 amide bonds. The third-order valence-electron chi connectivity index (χ3n) is 6.11. The molecule has 0 radical (unpaired) electrons. The lowest BCUT2D eigenvalue weighted by molar-refractivity contribution is -0.131. The van der Waals surface area contributed by atoms with Gasteiger partial charge in [0, 0.05) is 0 Å². The lowest BCUT2D eigenvalue weighted by atomic mass is 10.0. The number of ether oxygens (including phenoxy) is 1. The maximum Gasteiger partial charge on any atom is 0.243 e. The summed E-state index contributed by atoms with van der Waals surface area (Å²) < 4.78 is 47.6. The van der Waals surface area contributed by atoms with E-state index in [2.05, 4.69) is 15.4 Å². The van der Waals surface area contributed by atoms with E-state index in [1.54, 1.807) is 24.3 Å². The predicted molar refractivity (Wildman–Crippen MR) is 139 cm³/mol. The van der Waals surface area contributed by atoms with Gasteiger partial charge in [0.25, 0.3) is 0 Å². The third kappa shape index (κ3) is 8.63. The van der Waals surface area contributed by atoms with E-state index in [9.17, 15) is 27.2 Å². The maximum absolute atomic E-state index is 13.4. The molecule has 3 atom stereocenters. The Hall–Kier alpha value is -3.31. The summed E-state index contributed by atoms with van der Waals surface area (Å²) in [6, 6.07) is 8.20. The number of carbonyl (C=O) groups is 3. The third-order valence-corrected chi connectivity index (χ3v) is 7.60. The highest BCUT2D eigenvalue weighted by Gasteiger charge is 2.31. The summed E-state index contributed by atoms with van der Waals surface area (Å²) >= 11 is 0. The van der Waals surface area contributed by atoms with E-state index in [1.807, 2.05) is 13.8 Å². The second kappa shape index (κ2) is 13.5. The quantitative estimate of drug-likeness (QED) is 0.477. The Balaban J connectivity index is 1.93. The van der Waals surface area contributed by atoms with Crippen LogP contribution in [0, 0.1) is 11.7 Å². The summed E-state index contributed by atoms with van der Waals surface area (Å²) in [4.78, 5) is 37.9. The Kier molecular flexibility index (Phi) is 10.4. The molecular weight excluding hydrogens is 513 g/mol. The summed E-state index contributed by atoms with van der Waals surface area (Å²) in [7, 11) is -4.20. The molecule has 0 saturated heterocycles. The Morgan fingerprint density at radius 2 is 1.71 bits per heavy atom. The molecule has 0 unspecified atom stereocenters. The topological polar surface area (TPSA) is 131 Å². The first-order valence-corrected chi connectivity index (χ1v) is 14.1. The molecular formula is C27H34FN3O6S. The number of rotatable bonds is 6. The maximum atomic E-state index is 13.4. The van der Waals surface area contributed by atoms with Crippen molar-refractivity contribution in [3.05, 3.63) is 59.9 Å². The minimum absolute atomic E-state index is 0.0144. The molecule has 2 aromatic rings. The number of halogens is 1. The van der Waals surface area contributed by atoms with Crippen molar-refractivity contribution in [1.82, 2.24) is 15.4 Å². The molecule has 11 heteroatoms. The zero-order chi connectivity index (χ0) is 27.7. The molecule has 2 bridgehead atoms. The van der Waals surface area contributed by atoms with Crippen LogP contribution in [0.15, 0.2) is 53.4 Å². The number of aldehydes is 1. The SMILES string of the molecule is CC(C)C[C@@H]1NC(=O)[C@@H](NS(=O)(=O)c2ccc(F)cc2)Cc2ccc(cc2)OCCCC[C@@H](C=O)NC1=O. The van der Waals surface area contributed by atoms with Crippen LogP contribution < -0.4 is 20.1 Å². The van der Waals surface area contributed by atoms with Crippen molar-refractivity contribution in [1.29, 1.82) is 0 Å². The van der Waals surface area contributed by atoms with E-state index in [0.717, 1.165) is 24.3 Å². The minimum atomic E-state index is -4.20. The molecule has 0 aromatic heterocycles. The van der Waals surface area contributed by atoms with E-state index in [4.69, 9.17) is 4.74 Å². The first kappa shape index (κ1) is 29.2. The number of carbonyl (C=O) groups excluding carboxylic acids is 3. The Morgan fingerprint density at radius 3 is 2.34 bits per heavy atom. The van der Waals surface area contributed by atoms with Crippen LogP contribution in [-0.2, 0) is 30.8 Å². The molecule has 2 aliphatic rings. The van der Waals surface area contributed by atoms with Gasteiger partial charge >= 0.3 is 0 Å². The van der Waals surface area contributed by atoms with Crippen LogP contribution in [0.3, 0.4) is 0 Å². The molecule has 2 heterocycles. The van der Waals surface area contributed by atoms with Gasteiger partial charge in [-0.2, -0.15) is 4.72 Å². The zero-order valence-corrected chi connectivity index (χ0v) is 22.3. The number of hydrogen-bond donors (Lipinski definition) is 3. The van der Waals surface area contributed by atoms with Crippen LogP contribution in [0.2, 0.25) is 0 Å². The molecule has 0 fully saturated rings. The Morgan fingerprint density at radius 1 is 1.03 bits per heavy atom. The van der Waals surface area contributed by atoms with Crippen molar-refractivity contribution in [3.63, 3.8) is 0 Å². The van der Waals surface area contributed by atoms with Crippen LogP contribution in [0.1, 0.15) is 45.1 Å². The molecule has 3 N–H and O–H groups in total. The monoisotopic (exact) mass is 547 g/mol. The number of fused-ring (bicyclic) bond motifs is 14. The average Bonchev–Trinajstić information content (AvgIpc) is 2.87. The van der Waals surface area contributed by atoms with Crippen molar-refractivity contribution in [2.24, 2.45) is 5.92 Å². The highest BCUT2D eigenvalue weighted by Crippen LogP contribution is 2.17. The Bertz CT molecular complexity index is 1200. The standard InChI is InChI=1S/C27H34FN3O6S/c1-18(2)15-24-26(33)29-21(17-32)5-3-4-14-37-22-10-6-19(7-11-22)16-25(27(34)30-24)31-38(35,36)23-12-8-20(28)9-13-23/h6-13,17-18,21,24-25,31H,3-5,14-16H2,1-2H3,(H,29,33)(H,30,34)/t21-,24-,25-/m0/s1. The molecule has 0 spiro atoms. The van der Waals surface area contributed by atoms with Gasteiger partial charge in [0.2, 0.25) is 21.8 Å². The fourth-order valence-electron chi connectivity index (χ4n) is 4.10. The van der Waals surface area contributed by atoms with E-state index in [0.29, 0.717) is 43.5 Å². The normalized spacial score (nSPS) is 21.7. The van der Waals surface area contributed by atoms with Crippen LogP contribution in [-0.4, -0.2) is 51.3 Å². The van der Waals surface area contributed by atoms with Gasteiger partial charge in [-0.05, 0) is 80.0 Å². The summed E-state index contributed by atoms with van der Waals surface area (Å²) in [6.45, 7) is 4.19. The van der Waals surface area contributed by atoms with E-state index < -0.39 is 45.8 Å². The second-order valence-electron chi connectivity index (χ2n) is 9.76. The molecule has 2 aliphatic heterocycles. The van der Waals surface area contributed by atoms with E-state index in [-0.39, 0.29) is 23.7 Å². The molecule has 38 heavy (non-hydrogen) atoms. The van der Waals surface area contributed by atoms with Crippen LogP contribution in [0.5, 0.6) is 5.75 Å². The van der Waals surface area contributed by atoms with Gasteiger partial charge < -0.3 is 20.2 Å². The first-order valence-electron chi connectivity index (χ1n) is 12.6. The number of benzene rings is 2. The fourth-order valence-corrected chi connectivity index (χ4v) is 5.30. The summed E-state index contributed by atoms with van der Waals surface area (Å²) in [6.07, 6.45) is 2.68. The summed E-state index contributed by atoms with van der Waals surface area (Å²) in [5.74, 6) is -1.18. The molecule has 2 aromatic carbocycles. The lowest BCUT2D eigenvalue weighted by Crippen LogP contribution is -2.55. The van der Waals surface area contributed by atoms with Crippen molar-refractivity contribution in [3.8, 4) is 5.75 Å². The molecule has 4 rings (SSSR count). The molecule has 0 aliphatic carbocycles. The highest BCUT2D eigenvalue weighted by atomic mass is 32.2. The number of nitrogens with one attached hydrogen (secondary N) is 3. The summed E-state index contributed by atoms with van der Waals surface area (Å²) in [5.41, 5.74) is 0.662. The number of hydrogen-bond acceptors (Lipinski definition) is 6. The van der Waals surface area contributed by atoms with Gasteiger partial charge in [-0.1, -0.05) is 26.0 Å². The van der Waals surface area contributed by atoms with Crippen LogP contribution in [0.25, 0.3) is 0 Å². The smallest absolute Gasteiger partial charge is 0.243 e. The molecule has 9 nitrogen and oxygen atoms in total. The predicted octanol–water partition coefficient (Wildman–Crippen LogP) is 2.49. The second-order valence-corrected chi connectivity index (χ2v) is 11.5. The van der Waals surface area contributed by atoms with Gasteiger partial charge in [-0.25, -0.2) is 12.8 Å². The van der Waals surface area contributed by atoms with Gasteiger partial charge in [0.1, 0.15) is 29.9 Å². The van der Waals surface area contributed by atoms with Crippen molar-refractivity contribution >= 4 is 28.1 Å². The number of sulfonamides is 1. The summed E-state index contributed by atoms with van der Waals surface area (Å²) in [5, 5.41) is 5.37. The van der Waals surface area contributed by atoms with Crippen molar-refractivity contribution < 1.29 is 31.9 Å². The first-order chi connectivity index (χ1) is 18.1. The van der Waals surface area contributed by atoms with Crippen LogP contribution in [0.4, 0.5) is 4.39 Å². The van der Waals surface area contributed by atoms with Gasteiger partial charge in [0.05, 0.1) is 17.5 Å². The van der Waals surface area contributed by atoms with Crippen molar-refractivity contribution in [2.75, 3.05) is 6.61 Å². The fraction of sp³-hybridized carbons (Fsp3) is 0.444.